The van der Waals surface area contributed by atoms with Crippen LogP contribution in [0.3, 0.4) is 0 Å². The van der Waals surface area contributed by atoms with Crippen LogP contribution in [0.5, 0.6) is 0 Å². The highest BCUT2D eigenvalue weighted by atomic mass is 127. The Kier molecular flexibility index (Phi) is 4.72. The Labute approximate surface area is 108 Å². The number of amides is 1. The predicted octanol–water partition coefficient (Wildman–Crippen LogP) is 1.54. The van der Waals surface area contributed by atoms with Crippen LogP contribution in [0, 0.1) is 3.57 Å². The summed E-state index contributed by atoms with van der Waals surface area (Å²) in [5.74, 6) is -0.715. The number of carbonyl (C=O) groups is 2. The Morgan fingerprint density at radius 1 is 1.38 bits per heavy atom. The van der Waals surface area contributed by atoms with Gasteiger partial charge in [-0.15, -0.1) is 0 Å². The predicted molar refractivity (Wildman–Crippen MR) is 68.1 cm³/mol. The lowest BCUT2D eigenvalue weighted by atomic mass is 10.2. The first kappa shape index (κ1) is 13.0. The third-order valence-corrected chi connectivity index (χ3v) is 2.56. The molecule has 0 radical (unpaired) electrons. The number of benzene rings is 1. The first-order chi connectivity index (χ1) is 7.50. The van der Waals surface area contributed by atoms with Crippen LogP contribution in [0.25, 0.3) is 0 Å². The van der Waals surface area contributed by atoms with Crippen LogP contribution in [-0.4, -0.2) is 37.5 Å². The molecule has 0 N–H and O–H groups in total. The summed E-state index contributed by atoms with van der Waals surface area (Å²) >= 11 is 2.11. The largest absolute Gasteiger partial charge is 0.452 e. The fraction of sp³-hybridized carbons (Fsp3) is 0.273. The fourth-order valence-corrected chi connectivity index (χ4v) is 1.50. The van der Waals surface area contributed by atoms with Crippen molar-refractivity contribution < 1.29 is 14.3 Å². The van der Waals surface area contributed by atoms with E-state index in [2.05, 4.69) is 22.6 Å². The molecule has 0 bridgehead atoms. The van der Waals surface area contributed by atoms with Crippen molar-refractivity contribution in [3.63, 3.8) is 0 Å². The minimum Gasteiger partial charge on any atom is -0.452 e. The van der Waals surface area contributed by atoms with E-state index in [1.165, 1.54) is 4.90 Å². The molecule has 0 saturated heterocycles. The molecule has 1 aromatic carbocycles. The van der Waals surface area contributed by atoms with E-state index in [0.717, 1.165) is 3.57 Å². The van der Waals surface area contributed by atoms with Gasteiger partial charge in [-0.05, 0) is 40.8 Å². The summed E-state index contributed by atoms with van der Waals surface area (Å²) in [4.78, 5) is 24.1. The minimum atomic E-state index is -0.478. The number of hydrogen-bond acceptors (Lipinski definition) is 3. The van der Waals surface area contributed by atoms with E-state index in [0.29, 0.717) is 5.56 Å². The molecule has 5 heteroatoms. The molecule has 0 aliphatic carbocycles. The van der Waals surface area contributed by atoms with E-state index in [1.54, 1.807) is 32.3 Å². The number of ether oxygens (including phenoxy) is 1. The zero-order chi connectivity index (χ0) is 12.1. The Hall–Kier alpha value is -1.11. The molecule has 0 heterocycles. The normalized spacial score (nSPS) is 9.69. The third-order valence-electron chi connectivity index (χ3n) is 1.89. The summed E-state index contributed by atoms with van der Waals surface area (Å²) in [7, 11) is 3.23. The Bertz CT molecular complexity index is 404. The Morgan fingerprint density at radius 3 is 2.62 bits per heavy atom. The molecule has 0 aliphatic rings. The van der Waals surface area contributed by atoms with Gasteiger partial charge in [-0.25, -0.2) is 4.79 Å². The number of carbonyl (C=O) groups excluding carboxylic acids is 2. The highest BCUT2D eigenvalue weighted by molar-refractivity contribution is 14.1. The molecule has 1 rings (SSSR count). The smallest absolute Gasteiger partial charge is 0.338 e. The molecule has 1 aromatic rings. The average molecular weight is 333 g/mol. The van der Waals surface area contributed by atoms with E-state index < -0.39 is 5.97 Å². The van der Waals surface area contributed by atoms with Crippen LogP contribution in [0.15, 0.2) is 24.3 Å². The van der Waals surface area contributed by atoms with Crippen LogP contribution < -0.4 is 0 Å². The van der Waals surface area contributed by atoms with Gasteiger partial charge in [-0.3, -0.25) is 4.79 Å². The quantitative estimate of drug-likeness (QED) is 0.623. The van der Waals surface area contributed by atoms with E-state index in [9.17, 15) is 9.59 Å². The minimum absolute atomic E-state index is 0.225. The molecule has 0 aliphatic heterocycles. The monoisotopic (exact) mass is 333 g/mol. The maximum Gasteiger partial charge on any atom is 0.338 e. The maximum absolute atomic E-state index is 11.5. The van der Waals surface area contributed by atoms with Gasteiger partial charge in [0.2, 0.25) is 0 Å². The zero-order valence-electron chi connectivity index (χ0n) is 9.07. The SMILES string of the molecule is CN(C)C(=O)COC(=O)c1cccc(I)c1. The highest BCUT2D eigenvalue weighted by Gasteiger charge is 2.11. The first-order valence-electron chi connectivity index (χ1n) is 4.63. The van der Waals surface area contributed by atoms with Crippen molar-refractivity contribution in [2.75, 3.05) is 20.7 Å². The number of likely N-dealkylation sites (N-methyl/N-ethyl adjacent to an activating group) is 1. The van der Waals surface area contributed by atoms with Crippen LogP contribution in [0.2, 0.25) is 0 Å². The van der Waals surface area contributed by atoms with Gasteiger partial charge in [0.15, 0.2) is 6.61 Å². The summed E-state index contributed by atoms with van der Waals surface area (Å²) in [6, 6.07) is 7.02. The van der Waals surface area contributed by atoms with Crippen molar-refractivity contribution in [2.45, 2.75) is 0 Å². The lowest BCUT2D eigenvalue weighted by Gasteiger charge is -2.10. The fourth-order valence-electron chi connectivity index (χ4n) is 0.955. The Balaban J connectivity index is 2.57. The van der Waals surface area contributed by atoms with Gasteiger partial charge in [0.25, 0.3) is 5.91 Å². The molecule has 0 spiro atoms. The molecular weight excluding hydrogens is 321 g/mol. The van der Waals surface area contributed by atoms with Crippen molar-refractivity contribution in [1.82, 2.24) is 4.90 Å². The Morgan fingerprint density at radius 2 is 2.06 bits per heavy atom. The number of esters is 1. The van der Waals surface area contributed by atoms with Crippen molar-refractivity contribution in [3.8, 4) is 0 Å². The molecule has 0 atom stereocenters. The summed E-state index contributed by atoms with van der Waals surface area (Å²) in [6.45, 7) is -0.225. The van der Waals surface area contributed by atoms with Crippen molar-refractivity contribution >= 4 is 34.5 Å². The second-order valence-electron chi connectivity index (χ2n) is 3.37. The van der Waals surface area contributed by atoms with Gasteiger partial charge >= 0.3 is 5.97 Å². The lowest BCUT2D eigenvalue weighted by molar-refractivity contribution is -0.131. The summed E-state index contributed by atoms with van der Waals surface area (Å²) in [5, 5.41) is 0. The van der Waals surface area contributed by atoms with Crippen molar-refractivity contribution in [1.29, 1.82) is 0 Å². The van der Waals surface area contributed by atoms with Crippen LogP contribution in [0.1, 0.15) is 10.4 Å². The second-order valence-corrected chi connectivity index (χ2v) is 4.62. The molecule has 1 amide bonds. The molecule has 0 aromatic heterocycles. The van der Waals surface area contributed by atoms with E-state index in [1.807, 2.05) is 6.07 Å². The molecule has 86 valence electrons. The van der Waals surface area contributed by atoms with Gasteiger partial charge < -0.3 is 9.64 Å². The standard InChI is InChI=1S/C11H12INO3/c1-13(2)10(14)7-16-11(15)8-4-3-5-9(12)6-8/h3-6H,7H2,1-2H3. The topological polar surface area (TPSA) is 46.6 Å². The highest BCUT2D eigenvalue weighted by Crippen LogP contribution is 2.08. The molecular formula is C11H12INO3. The lowest BCUT2D eigenvalue weighted by Crippen LogP contribution is -2.27. The average Bonchev–Trinajstić information content (AvgIpc) is 2.25. The van der Waals surface area contributed by atoms with Gasteiger partial charge in [0.05, 0.1) is 5.56 Å². The summed E-state index contributed by atoms with van der Waals surface area (Å²) in [5.41, 5.74) is 0.457. The number of halogens is 1. The van der Waals surface area contributed by atoms with Crippen LogP contribution in [0.4, 0.5) is 0 Å². The molecule has 0 saturated carbocycles. The number of hydrogen-bond donors (Lipinski definition) is 0. The molecule has 0 unspecified atom stereocenters. The van der Waals surface area contributed by atoms with Crippen LogP contribution >= 0.6 is 22.6 Å². The number of nitrogens with zero attached hydrogens (tertiary/aromatic N) is 1. The maximum atomic E-state index is 11.5. The van der Waals surface area contributed by atoms with Gasteiger partial charge in [0.1, 0.15) is 0 Å². The van der Waals surface area contributed by atoms with E-state index >= 15 is 0 Å². The second kappa shape index (κ2) is 5.83. The van der Waals surface area contributed by atoms with Gasteiger partial charge in [-0.1, -0.05) is 6.07 Å². The van der Waals surface area contributed by atoms with Crippen LogP contribution in [-0.2, 0) is 9.53 Å². The molecule has 0 fully saturated rings. The zero-order valence-corrected chi connectivity index (χ0v) is 11.2. The molecule has 4 nitrogen and oxygen atoms in total. The van der Waals surface area contributed by atoms with E-state index in [4.69, 9.17) is 4.74 Å². The summed E-state index contributed by atoms with van der Waals surface area (Å²) in [6.07, 6.45) is 0. The van der Waals surface area contributed by atoms with Crippen molar-refractivity contribution in [3.05, 3.63) is 33.4 Å². The third kappa shape index (κ3) is 3.80. The van der Waals surface area contributed by atoms with Gasteiger partial charge in [0, 0.05) is 17.7 Å². The van der Waals surface area contributed by atoms with Gasteiger partial charge in [-0.2, -0.15) is 0 Å². The van der Waals surface area contributed by atoms with E-state index in [-0.39, 0.29) is 12.5 Å². The number of rotatable bonds is 3. The first-order valence-corrected chi connectivity index (χ1v) is 5.71. The summed E-state index contributed by atoms with van der Waals surface area (Å²) < 4.78 is 5.82. The molecule has 16 heavy (non-hydrogen) atoms. The van der Waals surface area contributed by atoms with Crippen molar-refractivity contribution in [2.24, 2.45) is 0 Å².